The highest BCUT2D eigenvalue weighted by molar-refractivity contribution is 7.99. The van der Waals surface area contributed by atoms with Crippen molar-refractivity contribution in [1.82, 2.24) is 10.2 Å². The van der Waals surface area contributed by atoms with Crippen molar-refractivity contribution in [3.05, 3.63) is 46.3 Å². The highest BCUT2D eigenvalue weighted by atomic mass is 32.2. The molecule has 2 heterocycles. The number of benzene rings is 1. The number of hydrogen-bond donors (Lipinski definition) is 2. The summed E-state index contributed by atoms with van der Waals surface area (Å²) in [6.45, 7) is 0.845. The van der Waals surface area contributed by atoms with Crippen LogP contribution in [0.3, 0.4) is 0 Å². The van der Waals surface area contributed by atoms with E-state index in [1.54, 1.807) is 23.7 Å². The Kier molecular flexibility index (Phi) is 7.16. The molecule has 0 unspecified atom stereocenters. The Morgan fingerprint density at radius 1 is 1.24 bits per heavy atom. The second kappa shape index (κ2) is 9.80. The predicted octanol–water partition coefficient (Wildman–Crippen LogP) is 3.35. The van der Waals surface area contributed by atoms with Gasteiger partial charge in [0.05, 0.1) is 19.2 Å². The Morgan fingerprint density at radius 2 is 2.00 bits per heavy atom. The summed E-state index contributed by atoms with van der Waals surface area (Å²) in [6, 6.07) is 9.90. The van der Waals surface area contributed by atoms with Crippen LogP contribution in [0.1, 0.15) is 27.2 Å². The van der Waals surface area contributed by atoms with Gasteiger partial charge in [0.2, 0.25) is 5.91 Å². The number of methoxy groups -OCH3 is 1. The first-order valence-electron chi connectivity index (χ1n) is 9.20. The van der Waals surface area contributed by atoms with Crippen molar-refractivity contribution in [3.8, 4) is 0 Å². The van der Waals surface area contributed by atoms with Crippen molar-refractivity contribution < 1.29 is 19.1 Å². The van der Waals surface area contributed by atoms with Crippen molar-refractivity contribution in [2.24, 2.45) is 0 Å². The fourth-order valence-electron chi connectivity index (χ4n) is 3.11. The van der Waals surface area contributed by atoms with Crippen molar-refractivity contribution in [2.45, 2.75) is 24.3 Å². The quantitative estimate of drug-likeness (QED) is 0.682. The molecule has 0 atom stereocenters. The van der Waals surface area contributed by atoms with Crippen molar-refractivity contribution in [2.75, 3.05) is 31.8 Å². The van der Waals surface area contributed by atoms with Gasteiger partial charge in [-0.25, -0.2) is 4.79 Å². The summed E-state index contributed by atoms with van der Waals surface area (Å²) in [5.74, 6) is 0.275. The standard InChI is InChI=1S/C20H23N3O4S2/c1-21-18(25)17-14-8-10-23(20(26)27-2)12-15(14)29-19(17)22-16(24)9-11-28-13-6-4-3-5-7-13/h3-7H,8-12H2,1-2H3,(H,21,25)(H,22,24). The van der Waals surface area contributed by atoms with Crippen LogP contribution in [-0.4, -0.2) is 49.3 Å². The molecule has 1 aromatic heterocycles. The van der Waals surface area contributed by atoms with E-state index in [2.05, 4.69) is 10.6 Å². The molecule has 0 spiro atoms. The zero-order valence-corrected chi connectivity index (χ0v) is 18.0. The number of thiophene rings is 1. The van der Waals surface area contributed by atoms with E-state index < -0.39 is 6.09 Å². The molecule has 3 amide bonds. The lowest BCUT2D eigenvalue weighted by Gasteiger charge is -2.25. The third-order valence-electron chi connectivity index (χ3n) is 4.54. The van der Waals surface area contributed by atoms with Crippen molar-refractivity contribution in [3.63, 3.8) is 0 Å². The van der Waals surface area contributed by atoms with Gasteiger partial charge in [-0.2, -0.15) is 0 Å². The first-order chi connectivity index (χ1) is 14.0. The minimum Gasteiger partial charge on any atom is -0.453 e. The number of amides is 3. The number of thioether (sulfide) groups is 1. The van der Waals surface area contributed by atoms with E-state index >= 15 is 0 Å². The maximum absolute atomic E-state index is 12.5. The molecule has 0 saturated heterocycles. The molecule has 3 rings (SSSR count). The second-order valence-corrected chi connectivity index (χ2v) is 8.66. The molecule has 154 valence electrons. The number of carbonyl (C=O) groups excluding carboxylic acids is 3. The Bertz CT molecular complexity index is 899. The minimum atomic E-state index is -0.394. The van der Waals surface area contributed by atoms with Gasteiger partial charge in [0, 0.05) is 35.5 Å². The van der Waals surface area contributed by atoms with E-state index in [0.29, 0.717) is 42.2 Å². The lowest BCUT2D eigenvalue weighted by Crippen LogP contribution is -2.35. The van der Waals surface area contributed by atoms with E-state index in [4.69, 9.17) is 4.74 Å². The summed E-state index contributed by atoms with van der Waals surface area (Å²) >= 11 is 2.96. The van der Waals surface area contributed by atoms with Gasteiger partial charge in [-0.15, -0.1) is 23.1 Å². The van der Waals surface area contributed by atoms with Crippen LogP contribution in [0.15, 0.2) is 35.2 Å². The van der Waals surface area contributed by atoms with E-state index in [1.807, 2.05) is 30.3 Å². The smallest absolute Gasteiger partial charge is 0.409 e. The maximum Gasteiger partial charge on any atom is 0.409 e. The van der Waals surface area contributed by atoms with Crippen LogP contribution in [0.2, 0.25) is 0 Å². The first kappa shape index (κ1) is 21.2. The van der Waals surface area contributed by atoms with Gasteiger partial charge in [0.1, 0.15) is 5.00 Å². The highest BCUT2D eigenvalue weighted by Crippen LogP contribution is 2.37. The van der Waals surface area contributed by atoms with Crippen LogP contribution >= 0.6 is 23.1 Å². The Hall–Kier alpha value is -2.52. The lowest BCUT2D eigenvalue weighted by atomic mass is 10.0. The molecule has 2 N–H and O–H groups in total. The third kappa shape index (κ3) is 5.10. The van der Waals surface area contributed by atoms with Crippen LogP contribution in [0.4, 0.5) is 9.80 Å². The van der Waals surface area contributed by atoms with Crippen LogP contribution in [-0.2, 0) is 22.5 Å². The number of rotatable bonds is 6. The molecule has 2 aromatic rings. The molecule has 0 aliphatic carbocycles. The molecule has 1 aliphatic heterocycles. The van der Waals surface area contributed by atoms with Gasteiger partial charge in [0.25, 0.3) is 5.91 Å². The SMILES string of the molecule is CNC(=O)c1c(NC(=O)CCSc2ccccc2)sc2c1CCN(C(=O)OC)C2. The monoisotopic (exact) mass is 433 g/mol. The lowest BCUT2D eigenvalue weighted by molar-refractivity contribution is -0.115. The minimum absolute atomic E-state index is 0.137. The molecule has 1 aromatic carbocycles. The zero-order chi connectivity index (χ0) is 20.8. The third-order valence-corrected chi connectivity index (χ3v) is 6.68. The Balaban J connectivity index is 1.69. The largest absolute Gasteiger partial charge is 0.453 e. The summed E-state index contributed by atoms with van der Waals surface area (Å²) in [5, 5.41) is 6.08. The molecule has 0 bridgehead atoms. The average Bonchev–Trinajstić information content (AvgIpc) is 3.10. The second-order valence-electron chi connectivity index (χ2n) is 6.39. The topological polar surface area (TPSA) is 87.7 Å². The van der Waals surface area contributed by atoms with E-state index in [9.17, 15) is 14.4 Å². The number of anilines is 1. The van der Waals surface area contributed by atoms with Gasteiger partial charge in [-0.3, -0.25) is 9.59 Å². The van der Waals surface area contributed by atoms with Gasteiger partial charge in [-0.05, 0) is 24.1 Å². The van der Waals surface area contributed by atoms with Gasteiger partial charge in [0.15, 0.2) is 0 Å². The first-order valence-corrected chi connectivity index (χ1v) is 11.0. The van der Waals surface area contributed by atoms with Crippen LogP contribution in [0.5, 0.6) is 0 Å². The van der Waals surface area contributed by atoms with Crippen molar-refractivity contribution >= 4 is 46.0 Å². The average molecular weight is 434 g/mol. The molecule has 9 heteroatoms. The van der Waals surface area contributed by atoms with Crippen LogP contribution < -0.4 is 10.6 Å². The predicted molar refractivity (Wildman–Crippen MR) is 115 cm³/mol. The molecule has 0 fully saturated rings. The number of ether oxygens (including phenoxy) is 1. The molecular weight excluding hydrogens is 410 g/mol. The summed E-state index contributed by atoms with van der Waals surface area (Å²) in [4.78, 5) is 40.3. The molecule has 29 heavy (non-hydrogen) atoms. The van der Waals surface area contributed by atoms with E-state index in [-0.39, 0.29) is 11.8 Å². The van der Waals surface area contributed by atoms with Gasteiger partial charge in [-0.1, -0.05) is 18.2 Å². The number of hydrogen-bond acceptors (Lipinski definition) is 6. The normalized spacial score (nSPS) is 12.8. The molecular formula is C20H23N3O4S2. The van der Waals surface area contributed by atoms with E-state index in [0.717, 1.165) is 15.3 Å². The molecule has 7 nitrogen and oxygen atoms in total. The number of fused-ring (bicyclic) bond motifs is 1. The maximum atomic E-state index is 12.5. The van der Waals surface area contributed by atoms with E-state index in [1.165, 1.54) is 18.4 Å². The summed E-state index contributed by atoms with van der Waals surface area (Å²) in [6.07, 6.45) is 0.488. The highest BCUT2D eigenvalue weighted by Gasteiger charge is 2.30. The molecule has 0 saturated carbocycles. The zero-order valence-electron chi connectivity index (χ0n) is 16.3. The van der Waals surface area contributed by atoms with Crippen LogP contribution in [0, 0.1) is 0 Å². The number of nitrogens with one attached hydrogen (secondary N) is 2. The summed E-state index contributed by atoms with van der Waals surface area (Å²) in [5.41, 5.74) is 1.39. The Labute approximate surface area is 177 Å². The number of nitrogens with zero attached hydrogens (tertiary/aromatic N) is 1. The van der Waals surface area contributed by atoms with Crippen LogP contribution in [0.25, 0.3) is 0 Å². The summed E-state index contributed by atoms with van der Waals surface area (Å²) in [7, 11) is 2.92. The van der Waals surface area contributed by atoms with Gasteiger partial charge >= 0.3 is 6.09 Å². The fraction of sp³-hybridized carbons (Fsp3) is 0.350. The molecule has 0 radical (unpaired) electrons. The molecule has 1 aliphatic rings. The Morgan fingerprint density at radius 3 is 2.69 bits per heavy atom. The van der Waals surface area contributed by atoms with Gasteiger partial charge < -0.3 is 20.3 Å². The fourth-order valence-corrected chi connectivity index (χ4v) is 5.26. The number of carbonyl (C=O) groups is 3. The van der Waals surface area contributed by atoms with Crippen molar-refractivity contribution in [1.29, 1.82) is 0 Å². The summed E-state index contributed by atoms with van der Waals surface area (Å²) < 4.78 is 4.80.